The molecule has 0 N–H and O–H groups in total. The Labute approximate surface area is 185 Å². The molecule has 0 bridgehead atoms. The highest BCUT2D eigenvalue weighted by Gasteiger charge is 2.30. The molecule has 1 aromatic rings. The van der Waals surface area contributed by atoms with E-state index in [9.17, 15) is 13.0 Å². The van der Waals surface area contributed by atoms with Gasteiger partial charge in [0.1, 0.15) is 16.7 Å². The molecule has 1 saturated heterocycles. The van der Waals surface area contributed by atoms with E-state index in [2.05, 4.69) is 39.4 Å². The topological polar surface area (TPSA) is 57.2 Å². The molecule has 0 saturated carbocycles. The van der Waals surface area contributed by atoms with Gasteiger partial charge in [0, 0.05) is 35.4 Å². The number of aryl methyl sites for hydroxylation is 1. The molecular weight excluding hydrogens is 485 g/mol. The number of benzene rings is 1. The molecule has 0 spiro atoms. The summed E-state index contributed by atoms with van der Waals surface area (Å²) in [5, 5.41) is 0. The van der Waals surface area contributed by atoms with E-state index in [-0.39, 0.29) is 4.90 Å². The fourth-order valence-corrected chi connectivity index (χ4v) is 4.24. The minimum absolute atomic E-state index is 0.178. The SMILES string of the molecule is CCCCCCCC[N+]1(CC#CI)CCCC1.Cc1ccc(S(=O)(=O)[O-])cc1. The van der Waals surface area contributed by atoms with E-state index in [1.807, 2.05) is 6.92 Å². The molecule has 2 rings (SSSR count). The van der Waals surface area contributed by atoms with Gasteiger partial charge >= 0.3 is 0 Å². The van der Waals surface area contributed by atoms with Crippen LogP contribution in [0, 0.1) is 16.8 Å². The number of halogens is 1. The first-order valence-corrected chi connectivity index (χ1v) is 12.8. The zero-order chi connectivity index (χ0) is 20.9. The molecule has 1 aromatic carbocycles. The van der Waals surface area contributed by atoms with Crippen LogP contribution in [0.3, 0.4) is 0 Å². The average Bonchev–Trinajstić information content (AvgIpc) is 3.12. The Hall–Kier alpha value is -0.620. The molecular formula is C22H34INO3S. The molecule has 1 heterocycles. The third-order valence-corrected chi connectivity index (χ3v) is 6.52. The molecule has 6 heteroatoms. The molecule has 4 nitrogen and oxygen atoms in total. The van der Waals surface area contributed by atoms with Crippen LogP contribution in [0.4, 0.5) is 0 Å². The summed E-state index contributed by atoms with van der Waals surface area (Å²) in [6.07, 6.45) is 11.3. The van der Waals surface area contributed by atoms with Crippen molar-refractivity contribution in [2.45, 2.75) is 70.1 Å². The van der Waals surface area contributed by atoms with Gasteiger partial charge in [0.05, 0.1) is 24.5 Å². The predicted molar refractivity (Wildman–Crippen MR) is 123 cm³/mol. The maximum Gasteiger partial charge on any atom is 0.141 e. The van der Waals surface area contributed by atoms with Crippen molar-refractivity contribution in [3.63, 3.8) is 0 Å². The Kier molecular flexibility index (Phi) is 12.3. The number of quaternary nitrogens is 1. The summed E-state index contributed by atoms with van der Waals surface area (Å²) in [7, 11) is -4.27. The van der Waals surface area contributed by atoms with Crippen LogP contribution >= 0.6 is 22.6 Å². The summed E-state index contributed by atoms with van der Waals surface area (Å²) in [4.78, 5) is -0.178. The quantitative estimate of drug-likeness (QED) is 0.147. The zero-order valence-electron chi connectivity index (χ0n) is 17.3. The second-order valence-corrected chi connectivity index (χ2v) is 9.60. The maximum atomic E-state index is 10.4. The molecule has 158 valence electrons. The minimum Gasteiger partial charge on any atom is -0.744 e. The molecule has 28 heavy (non-hydrogen) atoms. The van der Waals surface area contributed by atoms with Gasteiger partial charge in [0.15, 0.2) is 0 Å². The van der Waals surface area contributed by atoms with E-state index in [1.165, 1.54) is 87.6 Å². The van der Waals surface area contributed by atoms with Gasteiger partial charge in [0.2, 0.25) is 0 Å². The second kappa shape index (κ2) is 13.6. The summed E-state index contributed by atoms with van der Waals surface area (Å²) < 4.78 is 35.5. The lowest BCUT2D eigenvalue weighted by Crippen LogP contribution is -2.46. The Bertz CT molecular complexity index is 714. The van der Waals surface area contributed by atoms with Gasteiger partial charge in [0.25, 0.3) is 0 Å². The van der Waals surface area contributed by atoms with Crippen molar-refractivity contribution in [1.29, 1.82) is 0 Å². The van der Waals surface area contributed by atoms with Crippen LogP contribution < -0.4 is 0 Å². The lowest BCUT2D eigenvalue weighted by atomic mass is 10.1. The van der Waals surface area contributed by atoms with Crippen molar-refractivity contribution < 1.29 is 17.5 Å². The largest absolute Gasteiger partial charge is 0.744 e. The number of unbranched alkanes of at least 4 members (excludes halogenated alkanes) is 5. The van der Waals surface area contributed by atoms with Crippen molar-refractivity contribution in [3.8, 4) is 9.85 Å². The molecule has 0 unspecified atom stereocenters. The van der Waals surface area contributed by atoms with Gasteiger partial charge in [-0.15, -0.1) is 0 Å². The molecule has 1 aliphatic rings. The van der Waals surface area contributed by atoms with Crippen molar-refractivity contribution in [2.75, 3.05) is 26.2 Å². The van der Waals surface area contributed by atoms with Gasteiger partial charge in [-0.2, -0.15) is 0 Å². The van der Waals surface area contributed by atoms with E-state index >= 15 is 0 Å². The smallest absolute Gasteiger partial charge is 0.141 e. The molecule has 0 aromatic heterocycles. The monoisotopic (exact) mass is 519 g/mol. The summed E-state index contributed by atoms with van der Waals surface area (Å²) in [5.74, 6) is 3.30. The lowest BCUT2D eigenvalue weighted by molar-refractivity contribution is -0.910. The summed E-state index contributed by atoms with van der Waals surface area (Å²) >= 11 is 2.17. The fraction of sp³-hybridized carbons (Fsp3) is 0.636. The first-order chi connectivity index (χ1) is 13.3. The number of hydrogen-bond acceptors (Lipinski definition) is 3. The maximum absolute atomic E-state index is 10.4. The average molecular weight is 519 g/mol. The molecule has 0 radical (unpaired) electrons. The van der Waals surface area contributed by atoms with Crippen LogP contribution in [-0.4, -0.2) is 43.6 Å². The van der Waals surface area contributed by atoms with Crippen LogP contribution in [0.2, 0.25) is 0 Å². The number of nitrogens with zero attached hydrogens (tertiary/aromatic N) is 1. The number of likely N-dealkylation sites (tertiary alicyclic amines) is 1. The third kappa shape index (κ3) is 10.2. The van der Waals surface area contributed by atoms with Crippen LogP contribution in [0.1, 0.15) is 63.9 Å². The molecule has 0 atom stereocenters. The van der Waals surface area contributed by atoms with Crippen LogP contribution in [0.5, 0.6) is 0 Å². The fourth-order valence-electron chi connectivity index (χ4n) is 3.60. The van der Waals surface area contributed by atoms with Crippen molar-refractivity contribution in [2.24, 2.45) is 0 Å². The number of hydrogen-bond donors (Lipinski definition) is 0. The summed E-state index contributed by atoms with van der Waals surface area (Å²) in [6, 6.07) is 5.78. The van der Waals surface area contributed by atoms with Crippen molar-refractivity contribution in [3.05, 3.63) is 29.8 Å². The van der Waals surface area contributed by atoms with E-state index in [0.29, 0.717) is 0 Å². The Morgan fingerprint density at radius 3 is 2.14 bits per heavy atom. The van der Waals surface area contributed by atoms with Gasteiger partial charge in [-0.25, -0.2) is 8.42 Å². The van der Waals surface area contributed by atoms with Crippen LogP contribution in [-0.2, 0) is 10.1 Å². The van der Waals surface area contributed by atoms with Crippen LogP contribution in [0.25, 0.3) is 0 Å². The first kappa shape index (κ1) is 25.4. The van der Waals surface area contributed by atoms with E-state index in [1.54, 1.807) is 12.1 Å². The normalized spacial score (nSPS) is 15.3. The highest BCUT2D eigenvalue weighted by Crippen LogP contribution is 2.20. The third-order valence-electron chi connectivity index (χ3n) is 5.29. The lowest BCUT2D eigenvalue weighted by Gasteiger charge is -2.32. The van der Waals surface area contributed by atoms with E-state index < -0.39 is 10.1 Å². The Morgan fingerprint density at radius 2 is 1.61 bits per heavy atom. The van der Waals surface area contributed by atoms with Crippen molar-refractivity contribution in [1.82, 2.24) is 0 Å². The molecule has 1 fully saturated rings. The van der Waals surface area contributed by atoms with Gasteiger partial charge < -0.3 is 9.04 Å². The first-order valence-electron chi connectivity index (χ1n) is 10.3. The highest BCUT2D eigenvalue weighted by atomic mass is 127. The Morgan fingerprint density at radius 1 is 1.04 bits per heavy atom. The Balaban J connectivity index is 0.000000307. The van der Waals surface area contributed by atoms with Crippen molar-refractivity contribution >= 4 is 32.7 Å². The van der Waals surface area contributed by atoms with E-state index in [0.717, 1.165) is 12.1 Å². The zero-order valence-corrected chi connectivity index (χ0v) is 20.2. The minimum atomic E-state index is -4.27. The highest BCUT2D eigenvalue weighted by molar-refractivity contribution is 14.1. The molecule has 1 aliphatic heterocycles. The standard InChI is InChI=1S/C15H27IN.C7H8O3S/c1-2-3-4-5-6-7-12-17(15-10-11-16)13-8-9-14-17;1-6-2-4-7(5-3-6)11(8,9)10/h2-9,12-15H2,1H3;2-5H,1H3,(H,8,9,10)/q+1;/p-1. The number of rotatable bonds is 9. The van der Waals surface area contributed by atoms with Gasteiger partial charge in [-0.1, -0.05) is 50.3 Å². The predicted octanol–water partition coefficient (Wildman–Crippen LogP) is 5.25. The summed E-state index contributed by atoms with van der Waals surface area (Å²) in [5.41, 5.74) is 0.928. The molecule has 0 amide bonds. The van der Waals surface area contributed by atoms with Crippen LogP contribution in [0.15, 0.2) is 29.2 Å². The van der Waals surface area contributed by atoms with E-state index in [4.69, 9.17) is 0 Å². The second-order valence-electron chi connectivity index (χ2n) is 7.68. The van der Waals surface area contributed by atoms with Gasteiger partial charge in [-0.3, -0.25) is 0 Å². The molecule has 0 aliphatic carbocycles. The summed E-state index contributed by atoms with van der Waals surface area (Å²) in [6.45, 7) is 9.32. The van der Waals surface area contributed by atoms with Gasteiger partial charge in [-0.05, 0) is 41.7 Å².